The van der Waals surface area contributed by atoms with E-state index in [0.717, 1.165) is 25.9 Å². The molecule has 144 valence electrons. The van der Waals surface area contributed by atoms with Gasteiger partial charge in [0.1, 0.15) is 6.29 Å². The molecule has 3 amide bonds. The molecule has 8 nitrogen and oxygen atoms in total. The average Bonchev–Trinajstić information content (AvgIpc) is 2.68. The van der Waals surface area contributed by atoms with Gasteiger partial charge in [-0.2, -0.15) is 0 Å². The van der Waals surface area contributed by atoms with Crippen LogP contribution in [0.3, 0.4) is 0 Å². The van der Waals surface area contributed by atoms with Gasteiger partial charge < -0.3 is 16.0 Å². The maximum absolute atomic E-state index is 12.8. The summed E-state index contributed by atoms with van der Waals surface area (Å²) in [5.74, 6) is -2.06. The van der Waals surface area contributed by atoms with Gasteiger partial charge in [0.2, 0.25) is 17.7 Å². The SMILES string of the molecule is O=C1CC(C(=O)Nc2ccccc2)C2C(=O)NC(N3CCCCC3)NC2N1. The quantitative estimate of drug-likeness (QED) is 0.608. The van der Waals surface area contributed by atoms with Gasteiger partial charge in [-0.3, -0.25) is 24.6 Å². The van der Waals surface area contributed by atoms with Crippen LogP contribution in [0.5, 0.6) is 0 Å². The molecule has 4 unspecified atom stereocenters. The third kappa shape index (κ3) is 3.81. The number of fused-ring (bicyclic) bond motifs is 1. The van der Waals surface area contributed by atoms with Gasteiger partial charge in [-0.15, -0.1) is 0 Å². The first-order valence-electron chi connectivity index (χ1n) is 9.57. The number of anilines is 1. The van der Waals surface area contributed by atoms with Crippen molar-refractivity contribution in [1.29, 1.82) is 0 Å². The highest BCUT2D eigenvalue weighted by Crippen LogP contribution is 2.28. The molecule has 0 spiro atoms. The van der Waals surface area contributed by atoms with Crippen molar-refractivity contribution in [3.63, 3.8) is 0 Å². The molecule has 3 aliphatic rings. The van der Waals surface area contributed by atoms with Crippen LogP contribution in [0.25, 0.3) is 0 Å². The van der Waals surface area contributed by atoms with E-state index >= 15 is 0 Å². The summed E-state index contributed by atoms with van der Waals surface area (Å²) in [5, 5.41) is 12.0. The molecular formula is C19H25N5O3. The van der Waals surface area contributed by atoms with Gasteiger partial charge in [0, 0.05) is 25.2 Å². The van der Waals surface area contributed by atoms with Crippen molar-refractivity contribution in [3.8, 4) is 0 Å². The number of amides is 3. The van der Waals surface area contributed by atoms with E-state index in [-0.39, 0.29) is 30.4 Å². The van der Waals surface area contributed by atoms with E-state index in [9.17, 15) is 14.4 Å². The Morgan fingerprint density at radius 2 is 1.78 bits per heavy atom. The molecule has 0 radical (unpaired) electrons. The molecule has 1 aromatic carbocycles. The summed E-state index contributed by atoms with van der Waals surface area (Å²) in [6, 6.07) is 9.07. The van der Waals surface area contributed by atoms with E-state index in [4.69, 9.17) is 0 Å². The summed E-state index contributed by atoms with van der Waals surface area (Å²) >= 11 is 0. The highest BCUT2D eigenvalue weighted by atomic mass is 16.2. The summed E-state index contributed by atoms with van der Waals surface area (Å²) < 4.78 is 0. The van der Waals surface area contributed by atoms with Crippen molar-refractivity contribution in [2.75, 3.05) is 18.4 Å². The number of nitrogens with one attached hydrogen (secondary N) is 4. The number of hydrogen-bond acceptors (Lipinski definition) is 5. The van der Waals surface area contributed by atoms with E-state index in [0.29, 0.717) is 5.69 Å². The van der Waals surface area contributed by atoms with Crippen LogP contribution >= 0.6 is 0 Å². The summed E-state index contributed by atoms with van der Waals surface area (Å²) in [6.07, 6.45) is 2.53. The third-order valence-corrected chi connectivity index (χ3v) is 5.57. The molecule has 3 aliphatic heterocycles. The summed E-state index contributed by atoms with van der Waals surface area (Å²) in [7, 11) is 0. The van der Waals surface area contributed by atoms with Gasteiger partial charge in [0.25, 0.3) is 0 Å². The highest BCUT2D eigenvalue weighted by molar-refractivity contribution is 6.00. The molecule has 3 heterocycles. The fourth-order valence-corrected chi connectivity index (χ4v) is 4.19. The fourth-order valence-electron chi connectivity index (χ4n) is 4.19. The van der Waals surface area contributed by atoms with Crippen LogP contribution in [-0.2, 0) is 14.4 Å². The largest absolute Gasteiger partial charge is 0.340 e. The fraction of sp³-hybridized carbons (Fsp3) is 0.526. The number of nitrogens with zero attached hydrogens (tertiary/aromatic N) is 1. The Hall–Kier alpha value is -2.45. The third-order valence-electron chi connectivity index (χ3n) is 5.57. The molecule has 0 saturated carbocycles. The van der Waals surface area contributed by atoms with E-state index in [1.54, 1.807) is 12.1 Å². The van der Waals surface area contributed by atoms with Crippen LogP contribution < -0.4 is 21.3 Å². The number of carbonyl (C=O) groups excluding carboxylic acids is 3. The van der Waals surface area contributed by atoms with E-state index in [1.807, 2.05) is 18.2 Å². The first kappa shape index (κ1) is 17.9. The zero-order valence-electron chi connectivity index (χ0n) is 15.1. The molecule has 0 bridgehead atoms. The molecule has 4 atom stereocenters. The van der Waals surface area contributed by atoms with E-state index in [1.165, 1.54) is 6.42 Å². The molecule has 0 aromatic heterocycles. The predicted octanol–water partition coefficient (Wildman–Crippen LogP) is 0.192. The molecule has 8 heteroatoms. The van der Waals surface area contributed by atoms with Crippen LogP contribution in [-0.4, -0.2) is 48.2 Å². The van der Waals surface area contributed by atoms with Crippen molar-refractivity contribution >= 4 is 23.4 Å². The number of carbonyl (C=O) groups is 3. The molecule has 3 fully saturated rings. The molecule has 0 aliphatic carbocycles. The zero-order chi connectivity index (χ0) is 18.8. The molecule has 1 aromatic rings. The van der Waals surface area contributed by atoms with E-state index in [2.05, 4.69) is 26.2 Å². The van der Waals surface area contributed by atoms with Crippen LogP contribution in [0.1, 0.15) is 25.7 Å². The Bertz CT molecular complexity index is 719. The summed E-state index contributed by atoms with van der Waals surface area (Å²) in [6.45, 7) is 1.81. The average molecular weight is 371 g/mol. The number of rotatable bonds is 3. The second-order valence-electron chi connectivity index (χ2n) is 7.41. The lowest BCUT2D eigenvalue weighted by molar-refractivity contribution is -0.147. The molecular weight excluding hydrogens is 346 g/mol. The first-order valence-corrected chi connectivity index (χ1v) is 9.57. The molecule has 4 rings (SSSR count). The Morgan fingerprint density at radius 3 is 2.52 bits per heavy atom. The molecule has 4 N–H and O–H groups in total. The summed E-state index contributed by atoms with van der Waals surface area (Å²) in [4.78, 5) is 40.0. The standard InChI is InChI=1S/C19H25N5O3/c25-14-11-13(17(26)20-12-7-3-1-4-8-12)15-16(21-14)22-19(23-18(15)27)24-9-5-2-6-10-24/h1,3-4,7-8,13,15-16,19,22H,2,5-6,9-11H2,(H,20,26)(H,21,25)(H,23,27). The second kappa shape index (κ2) is 7.66. The Morgan fingerprint density at radius 1 is 1.04 bits per heavy atom. The van der Waals surface area contributed by atoms with Crippen LogP contribution in [0.2, 0.25) is 0 Å². The minimum Gasteiger partial charge on any atom is -0.340 e. The van der Waals surface area contributed by atoms with Crippen LogP contribution in [0, 0.1) is 11.8 Å². The number of piperidine rings is 2. The van der Waals surface area contributed by atoms with Crippen molar-refractivity contribution < 1.29 is 14.4 Å². The number of benzene rings is 1. The number of hydrogen-bond donors (Lipinski definition) is 4. The normalized spacial score (nSPS) is 31.4. The van der Waals surface area contributed by atoms with Crippen molar-refractivity contribution in [2.45, 2.75) is 38.1 Å². The van der Waals surface area contributed by atoms with Gasteiger partial charge in [0.15, 0.2) is 0 Å². The Balaban J connectivity index is 1.49. The first-order chi connectivity index (χ1) is 13.1. The second-order valence-corrected chi connectivity index (χ2v) is 7.41. The van der Waals surface area contributed by atoms with Gasteiger partial charge in [-0.05, 0) is 25.0 Å². The molecule has 27 heavy (non-hydrogen) atoms. The van der Waals surface area contributed by atoms with Gasteiger partial charge >= 0.3 is 0 Å². The lowest BCUT2D eigenvalue weighted by Crippen LogP contribution is -2.74. The van der Waals surface area contributed by atoms with Crippen molar-refractivity contribution in [2.24, 2.45) is 11.8 Å². The van der Waals surface area contributed by atoms with Gasteiger partial charge in [0.05, 0.1) is 18.0 Å². The van der Waals surface area contributed by atoms with Crippen LogP contribution in [0.15, 0.2) is 30.3 Å². The lowest BCUT2D eigenvalue weighted by Gasteiger charge is -2.46. The topological polar surface area (TPSA) is 103 Å². The minimum absolute atomic E-state index is 0.00329. The maximum atomic E-state index is 12.8. The summed E-state index contributed by atoms with van der Waals surface area (Å²) in [5.41, 5.74) is 0.653. The Labute approximate surface area is 158 Å². The van der Waals surface area contributed by atoms with Gasteiger partial charge in [-0.1, -0.05) is 24.6 Å². The van der Waals surface area contributed by atoms with Crippen molar-refractivity contribution in [1.82, 2.24) is 20.9 Å². The predicted molar refractivity (Wildman–Crippen MR) is 99.1 cm³/mol. The van der Waals surface area contributed by atoms with Gasteiger partial charge in [-0.25, -0.2) is 0 Å². The highest BCUT2D eigenvalue weighted by Gasteiger charge is 2.49. The smallest absolute Gasteiger partial charge is 0.229 e. The van der Waals surface area contributed by atoms with Crippen molar-refractivity contribution in [3.05, 3.63) is 30.3 Å². The Kier molecular flexibility index (Phi) is 5.09. The minimum atomic E-state index is -0.709. The monoisotopic (exact) mass is 371 g/mol. The zero-order valence-corrected chi connectivity index (χ0v) is 15.1. The maximum Gasteiger partial charge on any atom is 0.229 e. The molecule has 3 saturated heterocycles. The lowest BCUT2D eigenvalue weighted by atomic mass is 9.81. The van der Waals surface area contributed by atoms with E-state index < -0.39 is 18.0 Å². The van der Waals surface area contributed by atoms with Crippen LogP contribution in [0.4, 0.5) is 5.69 Å². The number of para-hydroxylation sites is 1. The number of likely N-dealkylation sites (tertiary alicyclic amines) is 1.